The molecule has 2 aromatic carbocycles. The molecule has 2 rings (SSSR count). The van der Waals surface area contributed by atoms with E-state index in [-0.39, 0.29) is 6.04 Å². The first kappa shape index (κ1) is 14.4. The van der Waals surface area contributed by atoms with Crippen molar-refractivity contribution in [2.75, 3.05) is 0 Å². The smallest absolute Gasteiger partial charge is 0.249 e. The summed E-state index contributed by atoms with van der Waals surface area (Å²) in [5, 5.41) is 0.669. The van der Waals surface area contributed by atoms with Gasteiger partial charge in [-0.25, -0.2) is 6.57 Å². The summed E-state index contributed by atoms with van der Waals surface area (Å²) in [7, 11) is 0. The number of hydrogen-bond donors (Lipinski definition) is 0. The molecule has 0 amide bonds. The standard InChI is InChI=1S/C17H16ClNO/c1-12-9-17(15(10-16(12)18)13(2)19-3)20-11-14-7-5-4-6-8-14/h4-10,13H,11H2,1-2H3. The maximum atomic E-state index is 7.19. The van der Waals surface area contributed by atoms with Gasteiger partial charge in [-0.2, -0.15) is 0 Å². The van der Waals surface area contributed by atoms with Crippen LogP contribution in [0, 0.1) is 13.5 Å². The third kappa shape index (κ3) is 3.31. The van der Waals surface area contributed by atoms with Crippen molar-refractivity contribution in [3.63, 3.8) is 0 Å². The minimum atomic E-state index is -0.265. The average Bonchev–Trinajstić information content (AvgIpc) is 2.48. The van der Waals surface area contributed by atoms with Gasteiger partial charge in [0.25, 0.3) is 0 Å². The van der Waals surface area contributed by atoms with Gasteiger partial charge in [0.2, 0.25) is 6.04 Å². The number of hydrogen-bond acceptors (Lipinski definition) is 1. The molecule has 0 aromatic heterocycles. The Labute approximate surface area is 124 Å². The minimum Gasteiger partial charge on any atom is -0.488 e. The zero-order chi connectivity index (χ0) is 14.5. The highest BCUT2D eigenvalue weighted by Gasteiger charge is 2.17. The third-order valence-corrected chi connectivity index (χ3v) is 3.58. The number of nitrogens with zero attached hydrogens (tertiary/aromatic N) is 1. The maximum absolute atomic E-state index is 7.19. The quantitative estimate of drug-likeness (QED) is 0.703. The van der Waals surface area contributed by atoms with Crippen LogP contribution in [-0.4, -0.2) is 0 Å². The van der Waals surface area contributed by atoms with Crippen LogP contribution < -0.4 is 4.74 Å². The first-order valence-electron chi connectivity index (χ1n) is 6.45. The van der Waals surface area contributed by atoms with E-state index >= 15 is 0 Å². The molecule has 1 unspecified atom stereocenters. The molecular formula is C17H16ClNO. The summed E-state index contributed by atoms with van der Waals surface area (Å²) >= 11 is 6.15. The van der Waals surface area contributed by atoms with Crippen LogP contribution in [0.4, 0.5) is 0 Å². The van der Waals surface area contributed by atoms with E-state index in [9.17, 15) is 0 Å². The molecule has 102 valence electrons. The first-order chi connectivity index (χ1) is 9.61. The molecule has 0 bridgehead atoms. The van der Waals surface area contributed by atoms with Gasteiger partial charge in [-0.3, -0.25) is 0 Å². The van der Waals surface area contributed by atoms with Gasteiger partial charge in [0.05, 0.1) is 5.56 Å². The zero-order valence-electron chi connectivity index (χ0n) is 11.6. The van der Waals surface area contributed by atoms with Gasteiger partial charge in [-0.05, 0) is 30.2 Å². The Hall–Kier alpha value is -1.98. The van der Waals surface area contributed by atoms with Gasteiger partial charge < -0.3 is 9.58 Å². The highest BCUT2D eigenvalue weighted by molar-refractivity contribution is 6.31. The fourth-order valence-corrected chi connectivity index (χ4v) is 2.10. The molecule has 0 radical (unpaired) electrons. The molecule has 3 heteroatoms. The van der Waals surface area contributed by atoms with Gasteiger partial charge in [-0.1, -0.05) is 41.9 Å². The van der Waals surface area contributed by atoms with Crippen molar-refractivity contribution in [2.45, 2.75) is 26.5 Å². The van der Waals surface area contributed by atoms with Crippen LogP contribution in [0.1, 0.15) is 29.7 Å². The molecular weight excluding hydrogens is 270 g/mol. The SMILES string of the molecule is [C-]#[N+]C(C)c1cc(Cl)c(C)cc1OCc1ccccc1. The van der Waals surface area contributed by atoms with Crippen LogP contribution in [0.15, 0.2) is 42.5 Å². The Balaban J connectivity index is 2.26. The van der Waals surface area contributed by atoms with E-state index in [1.54, 1.807) is 0 Å². The van der Waals surface area contributed by atoms with E-state index in [0.29, 0.717) is 11.6 Å². The van der Waals surface area contributed by atoms with E-state index in [4.69, 9.17) is 22.9 Å². The molecule has 0 aliphatic rings. The van der Waals surface area contributed by atoms with Crippen molar-refractivity contribution in [3.05, 3.63) is 75.6 Å². The van der Waals surface area contributed by atoms with Gasteiger partial charge in [0, 0.05) is 11.9 Å². The summed E-state index contributed by atoms with van der Waals surface area (Å²) in [4.78, 5) is 3.56. The molecule has 0 spiro atoms. The lowest BCUT2D eigenvalue weighted by Gasteiger charge is -2.13. The fourth-order valence-electron chi connectivity index (χ4n) is 1.93. The Morgan fingerprint density at radius 1 is 1.25 bits per heavy atom. The minimum absolute atomic E-state index is 0.265. The second-order valence-electron chi connectivity index (χ2n) is 4.72. The lowest BCUT2D eigenvalue weighted by Crippen LogP contribution is -2.00. The van der Waals surface area contributed by atoms with Gasteiger partial charge in [0.1, 0.15) is 12.4 Å². The third-order valence-electron chi connectivity index (χ3n) is 3.17. The van der Waals surface area contributed by atoms with Crippen molar-refractivity contribution < 1.29 is 4.74 Å². The summed E-state index contributed by atoms with van der Waals surface area (Å²) in [6.07, 6.45) is 0. The molecule has 0 fully saturated rings. The first-order valence-corrected chi connectivity index (χ1v) is 6.83. The van der Waals surface area contributed by atoms with Crippen LogP contribution in [0.5, 0.6) is 5.75 Å². The van der Waals surface area contributed by atoms with Crippen LogP contribution in [0.3, 0.4) is 0 Å². The molecule has 0 aliphatic carbocycles. The topological polar surface area (TPSA) is 13.6 Å². The Bertz CT molecular complexity index is 631. The van der Waals surface area contributed by atoms with Crippen LogP contribution in [0.25, 0.3) is 4.85 Å². The summed E-state index contributed by atoms with van der Waals surface area (Å²) in [5.74, 6) is 0.735. The van der Waals surface area contributed by atoms with Gasteiger partial charge in [-0.15, -0.1) is 0 Å². The molecule has 0 aliphatic heterocycles. The number of aryl methyl sites for hydroxylation is 1. The monoisotopic (exact) mass is 285 g/mol. The molecule has 0 heterocycles. The Morgan fingerprint density at radius 2 is 1.95 bits per heavy atom. The number of halogens is 1. The van der Waals surface area contributed by atoms with Crippen molar-refractivity contribution in [3.8, 4) is 5.75 Å². The molecule has 2 nitrogen and oxygen atoms in total. The van der Waals surface area contributed by atoms with Crippen molar-refractivity contribution in [2.24, 2.45) is 0 Å². The van der Waals surface area contributed by atoms with E-state index in [0.717, 1.165) is 22.4 Å². The molecule has 1 atom stereocenters. The van der Waals surface area contributed by atoms with Crippen LogP contribution in [-0.2, 0) is 6.61 Å². The maximum Gasteiger partial charge on any atom is 0.249 e. The fraction of sp³-hybridized carbons (Fsp3) is 0.235. The van der Waals surface area contributed by atoms with Crippen LogP contribution >= 0.6 is 11.6 Å². The van der Waals surface area contributed by atoms with E-state index in [1.807, 2.05) is 56.3 Å². The van der Waals surface area contributed by atoms with Crippen molar-refractivity contribution in [1.29, 1.82) is 0 Å². The van der Waals surface area contributed by atoms with Gasteiger partial charge in [0.15, 0.2) is 0 Å². The van der Waals surface area contributed by atoms with Crippen molar-refractivity contribution >= 4 is 11.6 Å². The molecule has 0 saturated heterocycles. The highest BCUT2D eigenvalue weighted by atomic mass is 35.5. The predicted molar refractivity (Wildman–Crippen MR) is 82.0 cm³/mol. The van der Waals surface area contributed by atoms with E-state index in [1.165, 1.54) is 0 Å². The second-order valence-corrected chi connectivity index (χ2v) is 5.13. The zero-order valence-corrected chi connectivity index (χ0v) is 12.3. The molecule has 0 saturated carbocycles. The Morgan fingerprint density at radius 3 is 2.60 bits per heavy atom. The second kappa shape index (κ2) is 6.45. The Kier molecular flexibility index (Phi) is 4.65. The number of benzene rings is 2. The number of rotatable bonds is 4. The van der Waals surface area contributed by atoms with E-state index < -0.39 is 0 Å². The molecule has 20 heavy (non-hydrogen) atoms. The lowest BCUT2D eigenvalue weighted by atomic mass is 10.1. The van der Waals surface area contributed by atoms with Crippen LogP contribution in [0.2, 0.25) is 5.02 Å². The number of ether oxygens (including phenoxy) is 1. The summed E-state index contributed by atoms with van der Waals surface area (Å²) in [5.41, 5.74) is 2.89. The normalized spacial score (nSPS) is 11.7. The summed E-state index contributed by atoms with van der Waals surface area (Å²) < 4.78 is 5.88. The van der Waals surface area contributed by atoms with E-state index in [2.05, 4.69) is 4.85 Å². The summed E-state index contributed by atoms with van der Waals surface area (Å²) in [6, 6.07) is 13.4. The molecule has 2 aromatic rings. The molecule has 0 N–H and O–H groups in total. The predicted octanol–water partition coefficient (Wildman–Crippen LogP) is 5.21. The summed E-state index contributed by atoms with van der Waals surface area (Å²) in [6.45, 7) is 11.5. The van der Waals surface area contributed by atoms with Crippen molar-refractivity contribution in [1.82, 2.24) is 0 Å². The largest absolute Gasteiger partial charge is 0.488 e. The lowest BCUT2D eigenvalue weighted by molar-refractivity contribution is 0.302. The van der Waals surface area contributed by atoms with Gasteiger partial charge >= 0.3 is 0 Å². The average molecular weight is 286 g/mol. The highest BCUT2D eigenvalue weighted by Crippen LogP contribution is 2.33.